The summed E-state index contributed by atoms with van der Waals surface area (Å²) in [6.45, 7) is 2.63. The van der Waals surface area contributed by atoms with Gasteiger partial charge in [0.25, 0.3) is 5.91 Å². The van der Waals surface area contributed by atoms with Crippen LogP contribution in [0.1, 0.15) is 16.1 Å². The van der Waals surface area contributed by atoms with Crippen LogP contribution >= 0.6 is 0 Å². The molecule has 0 aliphatic carbocycles. The lowest BCUT2D eigenvalue weighted by Crippen LogP contribution is -2.37. The van der Waals surface area contributed by atoms with Crippen LogP contribution in [0.4, 0.5) is 5.82 Å². The van der Waals surface area contributed by atoms with Crippen LogP contribution in [0.3, 0.4) is 0 Å². The number of carboxylic acids is 1. The first kappa shape index (κ1) is 15.9. The van der Waals surface area contributed by atoms with Gasteiger partial charge in [0.1, 0.15) is 12.4 Å². The fourth-order valence-electron chi connectivity index (χ4n) is 1.72. The normalized spacial score (nSPS) is 10.6. The van der Waals surface area contributed by atoms with Gasteiger partial charge in [0.2, 0.25) is 0 Å². The van der Waals surface area contributed by atoms with E-state index in [1.54, 1.807) is 24.0 Å². The summed E-state index contributed by atoms with van der Waals surface area (Å²) in [4.78, 5) is 30.2. The van der Waals surface area contributed by atoms with Gasteiger partial charge in [-0.1, -0.05) is 0 Å². The van der Waals surface area contributed by atoms with Crippen molar-refractivity contribution in [3.63, 3.8) is 0 Å². The lowest BCUT2D eigenvalue weighted by Gasteiger charge is -2.25. The molecule has 1 amide bonds. The zero-order chi connectivity index (χ0) is 15.3. The minimum atomic E-state index is -0.984. The standard InChI is InChI=1S/C13H20N4O3/c1-9-4-5-10(12(14)20)13(15-9)17(8-11(18)19)7-6-16(2)3/h4-5H,6-8H2,1-3H3,(H2,14,20)(H,18,19). The summed E-state index contributed by atoms with van der Waals surface area (Å²) in [6, 6.07) is 3.25. The molecular formula is C13H20N4O3. The number of rotatable bonds is 7. The second-order valence-electron chi connectivity index (χ2n) is 4.81. The monoisotopic (exact) mass is 280 g/mol. The molecule has 1 rings (SSSR count). The number of carbonyl (C=O) groups excluding carboxylic acids is 1. The van der Waals surface area contributed by atoms with Gasteiger partial charge in [-0.15, -0.1) is 0 Å². The van der Waals surface area contributed by atoms with Crippen molar-refractivity contribution in [1.82, 2.24) is 9.88 Å². The highest BCUT2D eigenvalue weighted by Crippen LogP contribution is 2.18. The summed E-state index contributed by atoms with van der Waals surface area (Å²) in [6.07, 6.45) is 0. The maximum Gasteiger partial charge on any atom is 0.323 e. The van der Waals surface area contributed by atoms with Gasteiger partial charge in [-0.05, 0) is 33.2 Å². The molecule has 0 aliphatic heterocycles. The first-order valence-electron chi connectivity index (χ1n) is 6.20. The molecule has 0 unspecified atom stereocenters. The summed E-state index contributed by atoms with van der Waals surface area (Å²) < 4.78 is 0. The fourth-order valence-corrected chi connectivity index (χ4v) is 1.72. The van der Waals surface area contributed by atoms with Gasteiger partial charge in [-0.2, -0.15) is 0 Å². The molecule has 3 N–H and O–H groups in total. The summed E-state index contributed by atoms with van der Waals surface area (Å²) in [5.41, 5.74) is 6.26. The molecule has 0 saturated heterocycles. The van der Waals surface area contributed by atoms with Crippen molar-refractivity contribution < 1.29 is 14.7 Å². The Bertz CT molecular complexity index is 502. The van der Waals surface area contributed by atoms with Crippen molar-refractivity contribution in [2.45, 2.75) is 6.92 Å². The number of nitrogens with zero attached hydrogens (tertiary/aromatic N) is 3. The molecule has 1 aromatic heterocycles. The lowest BCUT2D eigenvalue weighted by atomic mass is 10.2. The van der Waals surface area contributed by atoms with Crippen molar-refractivity contribution >= 4 is 17.7 Å². The van der Waals surface area contributed by atoms with E-state index in [2.05, 4.69) is 4.98 Å². The third kappa shape index (κ3) is 4.51. The molecule has 110 valence electrons. The number of carboxylic acid groups (broad SMARTS) is 1. The number of hydrogen-bond acceptors (Lipinski definition) is 5. The number of aromatic nitrogens is 1. The zero-order valence-electron chi connectivity index (χ0n) is 12.0. The van der Waals surface area contributed by atoms with Crippen LogP contribution in [-0.4, -0.2) is 60.6 Å². The van der Waals surface area contributed by atoms with Gasteiger partial charge in [-0.3, -0.25) is 9.59 Å². The van der Waals surface area contributed by atoms with E-state index < -0.39 is 11.9 Å². The van der Waals surface area contributed by atoms with E-state index in [1.165, 1.54) is 0 Å². The van der Waals surface area contributed by atoms with Gasteiger partial charge < -0.3 is 20.6 Å². The number of likely N-dealkylation sites (N-methyl/N-ethyl adjacent to an activating group) is 1. The average molecular weight is 280 g/mol. The number of anilines is 1. The number of nitrogens with two attached hydrogens (primary N) is 1. The summed E-state index contributed by atoms with van der Waals surface area (Å²) in [7, 11) is 3.77. The van der Waals surface area contributed by atoms with E-state index in [0.29, 0.717) is 24.6 Å². The van der Waals surface area contributed by atoms with Crippen LogP contribution < -0.4 is 10.6 Å². The Morgan fingerprint density at radius 2 is 1.95 bits per heavy atom. The molecule has 20 heavy (non-hydrogen) atoms. The van der Waals surface area contributed by atoms with Gasteiger partial charge in [-0.25, -0.2) is 4.98 Å². The van der Waals surface area contributed by atoms with Crippen LogP contribution in [-0.2, 0) is 4.79 Å². The predicted octanol–water partition coefficient (Wildman–Crippen LogP) is -0.0585. The largest absolute Gasteiger partial charge is 0.480 e. The topological polar surface area (TPSA) is 99.8 Å². The Balaban J connectivity index is 3.13. The summed E-state index contributed by atoms with van der Waals surface area (Å²) in [5.74, 6) is -1.28. The average Bonchev–Trinajstić information content (AvgIpc) is 2.33. The van der Waals surface area contributed by atoms with Crippen molar-refractivity contribution in [1.29, 1.82) is 0 Å². The third-order valence-corrected chi connectivity index (χ3v) is 2.72. The second-order valence-corrected chi connectivity index (χ2v) is 4.81. The maximum absolute atomic E-state index is 11.5. The van der Waals surface area contributed by atoms with Gasteiger partial charge in [0.15, 0.2) is 0 Å². The molecular weight excluding hydrogens is 260 g/mol. The highest BCUT2D eigenvalue weighted by molar-refractivity contribution is 5.98. The smallest absolute Gasteiger partial charge is 0.323 e. The zero-order valence-corrected chi connectivity index (χ0v) is 12.0. The SMILES string of the molecule is Cc1ccc(C(N)=O)c(N(CCN(C)C)CC(=O)O)n1. The number of aryl methyl sites for hydroxylation is 1. The van der Waals surface area contributed by atoms with E-state index in [9.17, 15) is 9.59 Å². The van der Waals surface area contributed by atoms with Crippen molar-refractivity contribution in [2.24, 2.45) is 5.73 Å². The van der Waals surface area contributed by atoms with E-state index in [0.717, 1.165) is 0 Å². The lowest BCUT2D eigenvalue weighted by molar-refractivity contribution is -0.135. The van der Waals surface area contributed by atoms with Crippen LogP contribution in [0.15, 0.2) is 12.1 Å². The van der Waals surface area contributed by atoms with Crippen molar-refractivity contribution in [3.05, 3.63) is 23.4 Å². The van der Waals surface area contributed by atoms with Crippen LogP contribution in [0, 0.1) is 6.92 Å². The summed E-state index contributed by atoms with van der Waals surface area (Å²) >= 11 is 0. The number of hydrogen-bond donors (Lipinski definition) is 2. The predicted molar refractivity (Wildman–Crippen MR) is 75.9 cm³/mol. The quantitative estimate of drug-likeness (QED) is 0.726. The number of primary amides is 1. The Hall–Kier alpha value is -2.15. The van der Waals surface area contributed by atoms with E-state index in [-0.39, 0.29) is 12.1 Å². The van der Waals surface area contributed by atoms with E-state index in [4.69, 9.17) is 10.8 Å². The van der Waals surface area contributed by atoms with Crippen LogP contribution in [0.5, 0.6) is 0 Å². The van der Waals surface area contributed by atoms with Crippen LogP contribution in [0.25, 0.3) is 0 Å². The highest BCUT2D eigenvalue weighted by atomic mass is 16.4. The molecule has 0 fully saturated rings. The molecule has 0 aliphatic rings. The molecule has 7 nitrogen and oxygen atoms in total. The first-order valence-corrected chi connectivity index (χ1v) is 6.20. The molecule has 1 aromatic rings. The fraction of sp³-hybridized carbons (Fsp3) is 0.462. The van der Waals surface area contributed by atoms with E-state index in [1.807, 2.05) is 19.0 Å². The maximum atomic E-state index is 11.5. The Morgan fingerprint density at radius 3 is 2.45 bits per heavy atom. The molecule has 1 heterocycles. The second kappa shape index (κ2) is 6.85. The molecule has 7 heteroatoms. The van der Waals surface area contributed by atoms with Gasteiger partial charge in [0.05, 0.1) is 5.56 Å². The number of carbonyl (C=O) groups is 2. The molecule has 0 saturated carbocycles. The molecule has 0 spiro atoms. The Kier molecular flexibility index (Phi) is 5.45. The molecule has 0 atom stereocenters. The molecule has 0 bridgehead atoms. The first-order chi connectivity index (χ1) is 9.31. The molecule has 0 aromatic carbocycles. The number of aliphatic carboxylic acids is 1. The third-order valence-electron chi connectivity index (χ3n) is 2.72. The van der Waals surface area contributed by atoms with Crippen molar-refractivity contribution in [3.8, 4) is 0 Å². The number of amides is 1. The van der Waals surface area contributed by atoms with Gasteiger partial charge >= 0.3 is 5.97 Å². The Morgan fingerprint density at radius 1 is 1.30 bits per heavy atom. The molecule has 0 radical (unpaired) electrons. The summed E-state index contributed by atoms with van der Waals surface area (Å²) in [5, 5.41) is 9.01. The Labute approximate surface area is 118 Å². The highest BCUT2D eigenvalue weighted by Gasteiger charge is 2.19. The van der Waals surface area contributed by atoms with Crippen LogP contribution in [0.2, 0.25) is 0 Å². The van der Waals surface area contributed by atoms with Gasteiger partial charge in [0, 0.05) is 18.8 Å². The van der Waals surface area contributed by atoms with Crippen molar-refractivity contribution in [2.75, 3.05) is 38.6 Å². The minimum absolute atomic E-state index is 0.232. The number of pyridine rings is 1. The minimum Gasteiger partial charge on any atom is -0.480 e. The van der Waals surface area contributed by atoms with E-state index >= 15 is 0 Å².